The third-order valence-corrected chi connectivity index (χ3v) is 7.29. The molecule has 2 aliphatic rings. The Balaban J connectivity index is 1.50. The second-order valence-electron chi connectivity index (χ2n) is 8.54. The third-order valence-electron chi connectivity index (χ3n) is 6.25. The molecule has 0 saturated heterocycles. The van der Waals surface area contributed by atoms with E-state index in [0.717, 1.165) is 23.4 Å². The van der Waals surface area contributed by atoms with E-state index >= 15 is 0 Å². The maximum absolute atomic E-state index is 13.5. The van der Waals surface area contributed by atoms with Gasteiger partial charge < -0.3 is 14.5 Å². The molecule has 0 bridgehead atoms. The number of allylic oxidation sites excluding steroid dienone is 3. The standard InChI is InChI=1S/C27H25NO4S/c1-16-10-11-22(32-16)26-24(27(30)31-15-18-7-4-3-5-8-18)17(2)28-20-13-19(14-21(29)25(20)26)23-9-6-12-33-23/h3-12,19,26,28H,13-15H2,1-2H3/t19-,26-/m1/s1. The Hall–Kier alpha value is -3.38. The number of carbonyl (C=O) groups is 2. The van der Waals surface area contributed by atoms with Gasteiger partial charge in [-0.25, -0.2) is 4.79 Å². The van der Waals surface area contributed by atoms with Crippen molar-refractivity contribution >= 4 is 23.1 Å². The molecule has 1 aliphatic carbocycles. The van der Waals surface area contributed by atoms with E-state index in [-0.39, 0.29) is 18.3 Å². The SMILES string of the molecule is CC1=C(C(=O)OCc2ccccc2)[C@@H](c2ccc(C)o2)C2=C(C[C@@H](c3cccs3)CC2=O)N1. The highest BCUT2D eigenvalue weighted by Gasteiger charge is 2.43. The molecule has 1 aliphatic heterocycles. The molecule has 0 saturated carbocycles. The van der Waals surface area contributed by atoms with E-state index in [4.69, 9.17) is 9.15 Å². The number of aryl methyl sites for hydroxylation is 1. The van der Waals surface area contributed by atoms with Crippen LogP contribution in [0.15, 0.2) is 86.9 Å². The van der Waals surface area contributed by atoms with E-state index in [0.29, 0.717) is 29.0 Å². The second-order valence-corrected chi connectivity index (χ2v) is 9.52. The van der Waals surface area contributed by atoms with E-state index < -0.39 is 11.9 Å². The molecule has 5 rings (SSSR count). The van der Waals surface area contributed by atoms with Gasteiger partial charge in [0.05, 0.1) is 11.5 Å². The lowest BCUT2D eigenvalue weighted by Gasteiger charge is -2.35. The first-order valence-electron chi connectivity index (χ1n) is 11.1. The second kappa shape index (κ2) is 8.87. The number of ether oxygens (including phenoxy) is 1. The lowest BCUT2D eigenvalue weighted by Crippen LogP contribution is -2.35. The van der Waals surface area contributed by atoms with Crippen molar-refractivity contribution in [3.8, 4) is 0 Å². The van der Waals surface area contributed by atoms with Crippen LogP contribution in [0.5, 0.6) is 0 Å². The van der Waals surface area contributed by atoms with Crippen molar-refractivity contribution in [3.05, 3.63) is 104 Å². The molecule has 6 heteroatoms. The van der Waals surface area contributed by atoms with Crippen LogP contribution >= 0.6 is 11.3 Å². The van der Waals surface area contributed by atoms with E-state index in [1.807, 2.05) is 67.8 Å². The first-order chi connectivity index (χ1) is 16.0. The Morgan fingerprint density at radius 3 is 2.61 bits per heavy atom. The Morgan fingerprint density at radius 2 is 1.91 bits per heavy atom. The highest BCUT2D eigenvalue weighted by Crippen LogP contribution is 2.46. The quantitative estimate of drug-likeness (QED) is 0.492. The average Bonchev–Trinajstić information content (AvgIpc) is 3.49. The van der Waals surface area contributed by atoms with Gasteiger partial charge >= 0.3 is 5.97 Å². The fourth-order valence-corrected chi connectivity index (χ4v) is 5.56. The summed E-state index contributed by atoms with van der Waals surface area (Å²) in [5, 5.41) is 5.42. The molecule has 2 atom stereocenters. The molecule has 168 valence electrons. The van der Waals surface area contributed by atoms with Gasteiger partial charge in [-0.05, 0) is 49.4 Å². The number of rotatable bonds is 5. The van der Waals surface area contributed by atoms with Crippen LogP contribution in [-0.4, -0.2) is 11.8 Å². The molecule has 2 aromatic heterocycles. The van der Waals surface area contributed by atoms with Crippen LogP contribution in [0.4, 0.5) is 0 Å². The van der Waals surface area contributed by atoms with E-state index in [1.54, 1.807) is 11.3 Å². The van der Waals surface area contributed by atoms with E-state index in [1.165, 1.54) is 4.88 Å². The highest BCUT2D eigenvalue weighted by atomic mass is 32.1. The maximum Gasteiger partial charge on any atom is 0.337 e. The Kier molecular flexibility index (Phi) is 5.77. The summed E-state index contributed by atoms with van der Waals surface area (Å²) in [5.74, 6) is 0.498. The summed E-state index contributed by atoms with van der Waals surface area (Å²) in [4.78, 5) is 28.0. The normalized spacial score (nSPS) is 20.5. The molecule has 0 spiro atoms. The molecule has 0 amide bonds. The van der Waals surface area contributed by atoms with Gasteiger partial charge in [0.25, 0.3) is 0 Å². The number of benzene rings is 1. The maximum atomic E-state index is 13.5. The molecule has 0 unspecified atom stereocenters. The molecule has 0 fully saturated rings. The van der Waals surface area contributed by atoms with Crippen molar-refractivity contribution in [1.82, 2.24) is 5.32 Å². The number of carbonyl (C=O) groups excluding carboxylic acids is 2. The van der Waals surface area contributed by atoms with Crippen LogP contribution < -0.4 is 5.32 Å². The van der Waals surface area contributed by atoms with Crippen molar-refractivity contribution in [3.63, 3.8) is 0 Å². The summed E-state index contributed by atoms with van der Waals surface area (Å²) in [5.41, 5.74) is 3.54. The molecular formula is C27H25NO4S. The Bertz CT molecular complexity index is 1250. The van der Waals surface area contributed by atoms with Crippen LogP contribution in [0, 0.1) is 6.92 Å². The third kappa shape index (κ3) is 4.18. The number of hydrogen-bond donors (Lipinski definition) is 1. The molecule has 3 heterocycles. The molecule has 5 nitrogen and oxygen atoms in total. The number of esters is 1. The van der Waals surface area contributed by atoms with Gasteiger partial charge in [0, 0.05) is 34.2 Å². The number of hydrogen-bond acceptors (Lipinski definition) is 6. The van der Waals surface area contributed by atoms with Crippen molar-refractivity contribution < 1.29 is 18.7 Å². The van der Waals surface area contributed by atoms with E-state index in [9.17, 15) is 9.59 Å². The van der Waals surface area contributed by atoms with Gasteiger partial charge in [-0.15, -0.1) is 11.3 Å². The number of nitrogens with one attached hydrogen (secondary N) is 1. The Morgan fingerprint density at radius 1 is 1.09 bits per heavy atom. The monoisotopic (exact) mass is 459 g/mol. The van der Waals surface area contributed by atoms with Crippen molar-refractivity contribution in [2.45, 2.75) is 45.1 Å². The molecular weight excluding hydrogens is 434 g/mol. The summed E-state index contributed by atoms with van der Waals surface area (Å²) in [6.07, 6.45) is 1.14. The van der Waals surface area contributed by atoms with Gasteiger partial charge in [-0.3, -0.25) is 4.79 Å². The predicted octanol–water partition coefficient (Wildman–Crippen LogP) is 5.75. The number of dihydropyridines is 1. The fraction of sp³-hybridized carbons (Fsp3) is 0.259. The first-order valence-corrected chi connectivity index (χ1v) is 11.9. The number of Topliss-reactive ketones (excluding diaryl/α,β-unsaturated/α-hetero) is 1. The summed E-state index contributed by atoms with van der Waals surface area (Å²) >= 11 is 1.67. The minimum absolute atomic E-state index is 0.0436. The van der Waals surface area contributed by atoms with Crippen LogP contribution in [0.3, 0.4) is 0 Å². The average molecular weight is 460 g/mol. The number of furan rings is 1. The molecule has 33 heavy (non-hydrogen) atoms. The van der Waals surface area contributed by atoms with Crippen LogP contribution in [0.1, 0.15) is 53.6 Å². The minimum Gasteiger partial charge on any atom is -0.465 e. The zero-order chi connectivity index (χ0) is 22.9. The molecule has 1 N–H and O–H groups in total. The smallest absolute Gasteiger partial charge is 0.337 e. The fourth-order valence-electron chi connectivity index (χ4n) is 4.73. The first kappa shape index (κ1) is 21.5. The largest absolute Gasteiger partial charge is 0.465 e. The zero-order valence-electron chi connectivity index (χ0n) is 18.6. The lowest BCUT2D eigenvalue weighted by molar-refractivity contribution is -0.140. The predicted molar refractivity (Wildman–Crippen MR) is 127 cm³/mol. The summed E-state index contributed by atoms with van der Waals surface area (Å²) in [6.45, 7) is 3.89. The van der Waals surface area contributed by atoms with E-state index in [2.05, 4.69) is 11.4 Å². The lowest BCUT2D eigenvalue weighted by atomic mass is 9.74. The van der Waals surface area contributed by atoms with Gasteiger partial charge in [-0.2, -0.15) is 0 Å². The van der Waals surface area contributed by atoms with Gasteiger partial charge in [-0.1, -0.05) is 36.4 Å². The van der Waals surface area contributed by atoms with Crippen molar-refractivity contribution in [2.75, 3.05) is 0 Å². The van der Waals surface area contributed by atoms with Crippen molar-refractivity contribution in [2.24, 2.45) is 0 Å². The van der Waals surface area contributed by atoms with Crippen LogP contribution in [0.2, 0.25) is 0 Å². The summed E-state index contributed by atoms with van der Waals surface area (Å²) < 4.78 is 11.6. The zero-order valence-corrected chi connectivity index (χ0v) is 19.4. The summed E-state index contributed by atoms with van der Waals surface area (Å²) in [7, 11) is 0. The van der Waals surface area contributed by atoms with Crippen LogP contribution in [0.25, 0.3) is 0 Å². The summed E-state index contributed by atoms with van der Waals surface area (Å²) in [6, 6.07) is 17.4. The Labute approximate surface area is 196 Å². The van der Waals surface area contributed by atoms with Crippen LogP contribution in [-0.2, 0) is 20.9 Å². The molecule has 1 aromatic carbocycles. The molecule has 0 radical (unpaired) electrons. The minimum atomic E-state index is -0.574. The van der Waals surface area contributed by atoms with Gasteiger partial charge in [0.1, 0.15) is 18.1 Å². The van der Waals surface area contributed by atoms with Gasteiger partial charge in [0.15, 0.2) is 5.78 Å². The van der Waals surface area contributed by atoms with Crippen molar-refractivity contribution in [1.29, 1.82) is 0 Å². The topological polar surface area (TPSA) is 68.5 Å². The number of ketones is 1. The van der Waals surface area contributed by atoms with Gasteiger partial charge in [0.2, 0.25) is 0 Å². The highest BCUT2D eigenvalue weighted by molar-refractivity contribution is 7.10. The molecule has 3 aromatic rings. The number of thiophene rings is 1.